The van der Waals surface area contributed by atoms with E-state index < -0.39 is 0 Å². The van der Waals surface area contributed by atoms with Crippen LogP contribution in [-0.4, -0.2) is 11.6 Å². The molecule has 0 aromatic heterocycles. The molecule has 0 fully saturated rings. The Morgan fingerprint density at radius 1 is 1.29 bits per heavy atom. The summed E-state index contributed by atoms with van der Waals surface area (Å²) >= 11 is 2.15. The molecule has 0 radical (unpaired) electrons. The molecule has 0 aliphatic rings. The van der Waals surface area contributed by atoms with Gasteiger partial charge in [0.1, 0.15) is 5.78 Å². The van der Waals surface area contributed by atoms with Crippen LogP contribution in [0.5, 0.6) is 0 Å². The van der Waals surface area contributed by atoms with Gasteiger partial charge in [0.05, 0.1) is 0 Å². The van der Waals surface area contributed by atoms with E-state index in [1.807, 2.05) is 18.2 Å². The van der Waals surface area contributed by atoms with Crippen LogP contribution in [0.4, 0.5) is 0 Å². The van der Waals surface area contributed by atoms with Crippen LogP contribution in [0.3, 0.4) is 0 Å². The van der Waals surface area contributed by atoms with Gasteiger partial charge < -0.3 is 0 Å². The van der Waals surface area contributed by atoms with Crippen molar-refractivity contribution in [2.45, 2.75) is 20.3 Å². The van der Waals surface area contributed by atoms with Gasteiger partial charge in [0.15, 0.2) is 5.78 Å². The molecule has 0 spiro atoms. The van der Waals surface area contributed by atoms with Crippen LogP contribution in [0.1, 0.15) is 29.8 Å². The summed E-state index contributed by atoms with van der Waals surface area (Å²) < 4.78 is 1.01. The molecule has 0 aliphatic heterocycles. The van der Waals surface area contributed by atoms with Crippen LogP contribution in [-0.2, 0) is 11.2 Å². The van der Waals surface area contributed by atoms with E-state index in [-0.39, 0.29) is 11.6 Å². The van der Waals surface area contributed by atoms with Gasteiger partial charge in [-0.05, 0) is 54.1 Å². The Balaban J connectivity index is 3.14. The lowest BCUT2D eigenvalue weighted by Gasteiger charge is -2.05. The monoisotopic (exact) mass is 302 g/mol. The first-order valence-corrected chi connectivity index (χ1v) is 5.37. The number of benzene rings is 1. The van der Waals surface area contributed by atoms with Crippen molar-refractivity contribution in [1.29, 1.82) is 0 Å². The van der Waals surface area contributed by atoms with Crippen molar-refractivity contribution in [2.24, 2.45) is 0 Å². The zero-order chi connectivity index (χ0) is 10.7. The highest BCUT2D eigenvalue weighted by molar-refractivity contribution is 14.1. The van der Waals surface area contributed by atoms with Gasteiger partial charge in [-0.1, -0.05) is 6.07 Å². The zero-order valence-corrected chi connectivity index (χ0v) is 10.3. The second-order valence-electron chi connectivity index (χ2n) is 3.24. The number of hydrogen-bond donors (Lipinski definition) is 0. The third-order valence-corrected chi connectivity index (χ3v) is 2.56. The Kier molecular flexibility index (Phi) is 3.80. The normalized spacial score (nSPS) is 9.93. The van der Waals surface area contributed by atoms with Crippen LogP contribution in [0.15, 0.2) is 18.2 Å². The van der Waals surface area contributed by atoms with Gasteiger partial charge in [-0.3, -0.25) is 9.59 Å². The molecule has 0 saturated carbocycles. The molecule has 0 amide bonds. The lowest BCUT2D eigenvalue weighted by atomic mass is 10.0. The highest BCUT2D eigenvalue weighted by Crippen LogP contribution is 2.15. The minimum Gasteiger partial charge on any atom is -0.300 e. The molecule has 1 rings (SSSR count). The second kappa shape index (κ2) is 4.68. The summed E-state index contributed by atoms with van der Waals surface area (Å²) in [4.78, 5) is 22.2. The van der Waals surface area contributed by atoms with Crippen LogP contribution in [0.25, 0.3) is 0 Å². The Labute approximate surface area is 96.8 Å². The molecule has 0 unspecified atom stereocenters. The van der Waals surface area contributed by atoms with Gasteiger partial charge >= 0.3 is 0 Å². The van der Waals surface area contributed by atoms with Gasteiger partial charge in [-0.25, -0.2) is 0 Å². The smallest absolute Gasteiger partial charge is 0.160 e. The summed E-state index contributed by atoms with van der Waals surface area (Å²) in [6.45, 7) is 3.05. The van der Waals surface area contributed by atoms with Gasteiger partial charge in [-0.15, -0.1) is 0 Å². The molecule has 74 valence electrons. The van der Waals surface area contributed by atoms with Crippen molar-refractivity contribution in [3.05, 3.63) is 32.9 Å². The molecule has 2 nitrogen and oxygen atoms in total. The minimum atomic E-state index is 0.0137. The van der Waals surface area contributed by atoms with E-state index in [1.165, 1.54) is 13.8 Å². The number of carbonyl (C=O) groups excluding carboxylic acids is 2. The average Bonchev–Trinajstić information content (AvgIpc) is 2.07. The maximum Gasteiger partial charge on any atom is 0.160 e. The molecule has 0 aliphatic carbocycles. The molecule has 1 aromatic rings. The van der Waals surface area contributed by atoms with Crippen molar-refractivity contribution in [3.8, 4) is 0 Å². The van der Waals surface area contributed by atoms with Gasteiger partial charge in [0, 0.05) is 15.6 Å². The molecule has 0 atom stereocenters. The summed E-state index contributed by atoms with van der Waals surface area (Å²) in [5.41, 5.74) is 1.48. The predicted molar refractivity (Wildman–Crippen MR) is 63.5 cm³/mol. The molecule has 1 aromatic carbocycles. The van der Waals surface area contributed by atoms with E-state index >= 15 is 0 Å². The van der Waals surface area contributed by atoms with Gasteiger partial charge in [-0.2, -0.15) is 0 Å². The fourth-order valence-corrected chi connectivity index (χ4v) is 1.79. The topological polar surface area (TPSA) is 34.1 Å². The van der Waals surface area contributed by atoms with Crippen molar-refractivity contribution >= 4 is 34.2 Å². The minimum absolute atomic E-state index is 0.0137. The van der Waals surface area contributed by atoms with E-state index in [9.17, 15) is 9.59 Å². The number of rotatable bonds is 3. The molecule has 0 bridgehead atoms. The predicted octanol–water partition coefficient (Wildman–Crippen LogP) is 2.63. The largest absolute Gasteiger partial charge is 0.300 e. The summed E-state index contributed by atoms with van der Waals surface area (Å²) in [6, 6.07) is 5.58. The Morgan fingerprint density at radius 3 is 2.43 bits per heavy atom. The summed E-state index contributed by atoms with van der Waals surface area (Å²) in [7, 11) is 0. The quantitative estimate of drug-likeness (QED) is 0.635. The van der Waals surface area contributed by atoms with Crippen molar-refractivity contribution in [2.75, 3.05) is 0 Å². The first-order chi connectivity index (χ1) is 6.50. The Morgan fingerprint density at radius 2 is 1.93 bits per heavy atom. The highest BCUT2D eigenvalue weighted by atomic mass is 127. The van der Waals surface area contributed by atoms with E-state index in [2.05, 4.69) is 22.6 Å². The highest BCUT2D eigenvalue weighted by Gasteiger charge is 2.09. The number of carbonyl (C=O) groups is 2. The second-order valence-corrected chi connectivity index (χ2v) is 4.48. The van der Waals surface area contributed by atoms with E-state index in [1.54, 1.807) is 0 Å². The third kappa shape index (κ3) is 2.90. The zero-order valence-electron chi connectivity index (χ0n) is 8.13. The number of hydrogen-bond acceptors (Lipinski definition) is 2. The van der Waals surface area contributed by atoms with Crippen LogP contribution in [0, 0.1) is 3.57 Å². The Hall–Kier alpha value is -0.710. The van der Waals surface area contributed by atoms with Crippen molar-refractivity contribution < 1.29 is 9.59 Å². The van der Waals surface area contributed by atoms with Crippen molar-refractivity contribution in [3.63, 3.8) is 0 Å². The molecule has 0 heterocycles. The fraction of sp³-hybridized carbons (Fsp3) is 0.273. The summed E-state index contributed by atoms with van der Waals surface area (Å²) in [5, 5.41) is 0. The standard InChI is InChI=1S/C11H11IO2/c1-7(13)5-9-3-4-10(12)6-11(9)8(2)14/h3-4,6H,5H2,1-2H3. The van der Waals surface area contributed by atoms with Gasteiger partial charge in [0.2, 0.25) is 0 Å². The molecular formula is C11H11IO2. The van der Waals surface area contributed by atoms with Crippen LogP contribution in [0.2, 0.25) is 0 Å². The lowest BCUT2D eigenvalue weighted by molar-refractivity contribution is -0.116. The summed E-state index contributed by atoms with van der Waals surface area (Å²) in [5.74, 6) is 0.0912. The van der Waals surface area contributed by atoms with E-state index in [0.29, 0.717) is 12.0 Å². The molecule has 3 heteroatoms. The maximum atomic E-state index is 11.3. The first kappa shape index (κ1) is 11.4. The Bertz CT molecular complexity index is 383. The molecular weight excluding hydrogens is 291 g/mol. The van der Waals surface area contributed by atoms with Crippen LogP contribution < -0.4 is 0 Å². The number of Topliss-reactive ketones (excluding diaryl/α,β-unsaturated/α-hetero) is 2. The average molecular weight is 302 g/mol. The van der Waals surface area contributed by atoms with E-state index in [4.69, 9.17) is 0 Å². The molecule has 0 N–H and O–H groups in total. The molecule has 14 heavy (non-hydrogen) atoms. The first-order valence-electron chi connectivity index (χ1n) is 4.29. The number of halogens is 1. The van der Waals surface area contributed by atoms with Crippen LogP contribution >= 0.6 is 22.6 Å². The third-order valence-electron chi connectivity index (χ3n) is 1.89. The van der Waals surface area contributed by atoms with E-state index in [0.717, 1.165) is 9.13 Å². The maximum absolute atomic E-state index is 11.3. The molecule has 0 saturated heterocycles. The summed E-state index contributed by atoms with van der Waals surface area (Å²) in [6.07, 6.45) is 0.339. The number of ketones is 2. The van der Waals surface area contributed by atoms with Crippen molar-refractivity contribution in [1.82, 2.24) is 0 Å². The SMILES string of the molecule is CC(=O)Cc1ccc(I)cc1C(C)=O. The van der Waals surface area contributed by atoms with Gasteiger partial charge in [0.25, 0.3) is 0 Å². The lowest BCUT2D eigenvalue weighted by Crippen LogP contribution is -2.04. The fourth-order valence-electron chi connectivity index (χ4n) is 1.30.